The average molecular weight is 612 g/mol. The van der Waals surface area contributed by atoms with E-state index in [1.165, 1.54) is 0 Å². The zero-order chi connectivity index (χ0) is 32.6. The van der Waals surface area contributed by atoms with E-state index in [0.29, 0.717) is 0 Å². The molecule has 7 heteroatoms. The van der Waals surface area contributed by atoms with Crippen LogP contribution in [0, 0.1) is 32.5 Å². The van der Waals surface area contributed by atoms with Gasteiger partial charge in [-0.3, -0.25) is 28.8 Å². The number of carbonyl (C=O) groups excluding carboxylic acids is 6. The molecule has 237 valence electrons. The molecule has 1 radical (unpaired) electrons. The molecule has 0 spiro atoms. The Morgan fingerprint density at radius 1 is 0.275 bits per heavy atom. The maximum atomic E-state index is 11.5. The number of ketones is 6. The van der Waals surface area contributed by atoms with Crippen LogP contribution in [0.4, 0.5) is 0 Å². The Morgan fingerprint density at radius 2 is 0.350 bits per heavy atom. The fourth-order valence-electron chi connectivity index (χ4n) is 2.03. The van der Waals surface area contributed by atoms with Crippen LogP contribution in [0.25, 0.3) is 0 Å². The molecule has 0 aromatic heterocycles. The normalized spacial score (nSPS) is 12.4. The maximum Gasteiger partial charge on any atom is 0.145 e. The first kappa shape index (κ1) is 45.5. The van der Waals surface area contributed by atoms with Crippen LogP contribution in [0.3, 0.4) is 0 Å². The molecule has 0 N–H and O–H groups in total. The van der Waals surface area contributed by atoms with Crippen LogP contribution in [0.15, 0.2) is 0 Å². The van der Waals surface area contributed by atoms with Crippen LogP contribution < -0.4 is 0 Å². The van der Waals surface area contributed by atoms with Gasteiger partial charge in [0.25, 0.3) is 0 Å². The summed E-state index contributed by atoms with van der Waals surface area (Å²) in [4.78, 5) is 69.0. The van der Waals surface area contributed by atoms with E-state index in [2.05, 4.69) is 0 Å². The third-order valence-corrected chi connectivity index (χ3v) is 5.98. The minimum absolute atomic E-state index is 0. The van der Waals surface area contributed by atoms with Crippen molar-refractivity contribution >= 4 is 34.7 Å². The third-order valence-electron chi connectivity index (χ3n) is 5.98. The number of rotatable bonds is 6. The summed E-state index contributed by atoms with van der Waals surface area (Å²) in [6, 6.07) is 0. The van der Waals surface area contributed by atoms with E-state index in [9.17, 15) is 28.8 Å². The van der Waals surface area contributed by atoms with Gasteiger partial charge in [-0.05, 0) is 0 Å². The molecule has 0 fully saturated rings. The van der Waals surface area contributed by atoms with E-state index in [4.69, 9.17) is 0 Å². The molecule has 0 heterocycles. The first-order chi connectivity index (χ1) is 16.6. The van der Waals surface area contributed by atoms with Gasteiger partial charge in [0, 0.05) is 49.3 Å². The Hall–Kier alpha value is -1.47. The summed E-state index contributed by atoms with van der Waals surface area (Å²) in [5.74, 6) is 0.125. The molecule has 0 saturated heterocycles. The minimum Gasteiger partial charge on any atom is -0.299 e. The van der Waals surface area contributed by atoms with Crippen molar-refractivity contribution < 1.29 is 45.5 Å². The second-order valence-corrected chi connectivity index (χ2v) is 16.6. The standard InChI is InChI=1S/3C11H20O2.Co/c3*1-10(2,3)8(12)7-9(13)11(4,5)6;/h3*7H2,1-6H3;. The van der Waals surface area contributed by atoms with Crippen LogP contribution in [-0.2, 0) is 45.5 Å². The Balaban J connectivity index is -0.000000240. The van der Waals surface area contributed by atoms with E-state index in [0.717, 1.165) is 0 Å². The van der Waals surface area contributed by atoms with E-state index in [1.807, 2.05) is 125 Å². The summed E-state index contributed by atoms with van der Waals surface area (Å²) in [6.07, 6.45) is 0.187. The molecule has 40 heavy (non-hydrogen) atoms. The van der Waals surface area contributed by atoms with Crippen molar-refractivity contribution in [1.82, 2.24) is 0 Å². The summed E-state index contributed by atoms with van der Waals surface area (Å²) >= 11 is 0. The predicted molar refractivity (Wildman–Crippen MR) is 161 cm³/mol. The van der Waals surface area contributed by atoms with Gasteiger partial charge in [0.1, 0.15) is 34.7 Å². The molecule has 6 nitrogen and oxygen atoms in total. The van der Waals surface area contributed by atoms with Crippen molar-refractivity contribution in [2.75, 3.05) is 0 Å². The van der Waals surface area contributed by atoms with Crippen LogP contribution in [0.2, 0.25) is 0 Å². The minimum atomic E-state index is -0.402. The van der Waals surface area contributed by atoms with Crippen molar-refractivity contribution in [3.63, 3.8) is 0 Å². The second kappa shape index (κ2) is 16.2. The van der Waals surface area contributed by atoms with Crippen molar-refractivity contribution in [2.45, 2.75) is 144 Å². The number of Topliss-reactive ketones (excluding diaryl/α,β-unsaturated/α-hetero) is 6. The summed E-state index contributed by atoms with van der Waals surface area (Å²) in [6.45, 7) is 33.1. The van der Waals surface area contributed by atoms with Crippen LogP contribution in [-0.4, -0.2) is 34.7 Å². The second-order valence-electron chi connectivity index (χ2n) is 16.6. The molecule has 0 aliphatic heterocycles. The van der Waals surface area contributed by atoms with Crippen molar-refractivity contribution in [1.29, 1.82) is 0 Å². The summed E-state index contributed by atoms with van der Waals surface area (Å²) in [5.41, 5.74) is -2.41. The Morgan fingerprint density at radius 3 is 0.400 bits per heavy atom. The van der Waals surface area contributed by atoms with Gasteiger partial charge in [-0.2, -0.15) is 0 Å². The van der Waals surface area contributed by atoms with Gasteiger partial charge < -0.3 is 0 Å². The molecular weight excluding hydrogens is 551 g/mol. The molecule has 0 amide bonds. The van der Waals surface area contributed by atoms with E-state index >= 15 is 0 Å². The Kier molecular flexibility index (Phi) is 18.5. The van der Waals surface area contributed by atoms with Crippen LogP contribution >= 0.6 is 0 Å². The summed E-state index contributed by atoms with van der Waals surface area (Å²) < 4.78 is 0. The number of carbonyl (C=O) groups is 6. The quantitative estimate of drug-likeness (QED) is 0.284. The molecule has 0 unspecified atom stereocenters. The van der Waals surface area contributed by atoms with Gasteiger partial charge in [-0.1, -0.05) is 125 Å². The molecule has 0 aliphatic carbocycles. The zero-order valence-electron chi connectivity index (χ0n) is 28.9. The molecule has 0 atom stereocenters. The third kappa shape index (κ3) is 21.3. The topological polar surface area (TPSA) is 102 Å². The zero-order valence-corrected chi connectivity index (χ0v) is 29.9. The molecule has 0 saturated carbocycles. The molecule has 0 aromatic carbocycles. The SMILES string of the molecule is CC(C)(C)C(=O)CC(=O)C(C)(C)C.CC(C)(C)C(=O)CC(=O)C(C)(C)C.CC(C)(C)C(=O)CC(=O)C(C)(C)C.[Co]. The molecule has 0 bridgehead atoms. The van der Waals surface area contributed by atoms with Crippen LogP contribution in [0.1, 0.15) is 144 Å². The Labute approximate surface area is 256 Å². The number of hydrogen-bond donors (Lipinski definition) is 0. The largest absolute Gasteiger partial charge is 0.299 e. The molecular formula is C33H60CoO6. The van der Waals surface area contributed by atoms with Crippen molar-refractivity contribution in [3.05, 3.63) is 0 Å². The van der Waals surface area contributed by atoms with Crippen molar-refractivity contribution in [2.24, 2.45) is 32.5 Å². The van der Waals surface area contributed by atoms with Crippen molar-refractivity contribution in [3.8, 4) is 0 Å². The monoisotopic (exact) mass is 611 g/mol. The van der Waals surface area contributed by atoms with Gasteiger partial charge in [-0.15, -0.1) is 0 Å². The van der Waals surface area contributed by atoms with E-state index < -0.39 is 32.5 Å². The summed E-state index contributed by atoms with van der Waals surface area (Å²) in [5, 5.41) is 0. The maximum absolute atomic E-state index is 11.5. The van der Waals surface area contributed by atoms with Crippen LogP contribution in [0.5, 0.6) is 0 Å². The van der Waals surface area contributed by atoms with Gasteiger partial charge in [-0.25, -0.2) is 0 Å². The first-order valence-corrected chi connectivity index (χ1v) is 13.8. The summed E-state index contributed by atoms with van der Waals surface area (Å²) in [7, 11) is 0. The number of hydrogen-bond acceptors (Lipinski definition) is 6. The molecule has 0 rings (SSSR count). The smallest absolute Gasteiger partial charge is 0.145 e. The molecule has 0 aromatic rings. The van der Waals surface area contributed by atoms with Gasteiger partial charge in [0.15, 0.2) is 0 Å². The average Bonchev–Trinajstić information content (AvgIpc) is 2.64. The van der Waals surface area contributed by atoms with Gasteiger partial charge >= 0.3 is 0 Å². The predicted octanol–water partition coefficient (Wildman–Crippen LogP) is 7.82. The fraction of sp³-hybridized carbons (Fsp3) is 0.818. The fourth-order valence-corrected chi connectivity index (χ4v) is 2.03. The molecule has 0 aliphatic rings. The van der Waals surface area contributed by atoms with Gasteiger partial charge in [0.2, 0.25) is 0 Å². The van der Waals surface area contributed by atoms with Gasteiger partial charge in [0.05, 0.1) is 19.3 Å². The Bertz CT molecular complexity index is 693. The van der Waals surface area contributed by atoms with E-state index in [-0.39, 0.29) is 70.7 Å². The van der Waals surface area contributed by atoms with E-state index in [1.54, 1.807) is 0 Å². The first-order valence-electron chi connectivity index (χ1n) is 13.8.